The first-order valence-corrected chi connectivity index (χ1v) is 8.68. The second kappa shape index (κ2) is 7.53. The van der Waals surface area contributed by atoms with Crippen LogP contribution in [0.5, 0.6) is 17.4 Å². The molecule has 0 bridgehead atoms. The SMILES string of the molecule is COc1ccc(Oc2cncc(C3CCCN3Cc3ncc[nH]3)n2)cc1. The summed E-state index contributed by atoms with van der Waals surface area (Å²) in [6.07, 6.45) is 9.29. The van der Waals surface area contributed by atoms with Crippen LogP contribution in [0.3, 0.4) is 0 Å². The van der Waals surface area contributed by atoms with Gasteiger partial charge in [-0.05, 0) is 43.7 Å². The largest absolute Gasteiger partial charge is 0.497 e. The third kappa shape index (κ3) is 3.67. The van der Waals surface area contributed by atoms with Crippen molar-refractivity contribution in [3.05, 3.63) is 60.6 Å². The molecule has 134 valence electrons. The third-order valence-corrected chi connectivity index (χ3v) is 4.53. The Labute approximate surface area is 152 Å². The minimum atomic E-state index is 0.229. The maximum atomic E-state index is 5.85. The lowest BCUT2D eigenvalue weighted by molar-refractivity contribution is 0.237. The number of ether oxygens (including phenoxy) is 2. The first-order chi connectivity index (χ1) is 12.8. The quantitative estimate of drug-likeness (QED) is 0.734. The number of nitrogens with one attached hydrogen (secondary N) is 1. The predicted molar refractivity (Wildman–Crippen MR) is 96.1 cm³/mol. The Morgan fingerprint density at radius 1 is 1.19 bits per heavy atom. The van der Waals surface area contributed by atoms with E-state index in [9.17, 15) is 0 Å². The molecule has 0 amide bonds. The van der Waals surface area contributed by atoms with Gasteiger partial charge in [0.1, 0.15) is 17.3 Å². The molecule has 1 aliphatic rings. The van der Waals surface area contributed by atoms with Crippen molar-refractivity contribution in [2.75, 3.05) is 13.7 Å². The van der Waals surface area contributed by atoms with E-state index in [1.165, 1.54) is 0 Å². The number of aromatic amines is 1. The fraction of sp³-hybridized carbons (Fsp3) is 0.316. The maximum absolute atomic E-state index is 5.85. The Balaban J connectivity index is 1.49. The second-order valence-electron chi connectivity index (χ2n) is 6.22. The fourth-order valence-corrected chi connectivity index (χ4v) is 3.26. The molecule has 0 aliphatic carbocycles. The van der Waals surface area contributed by atoms with E-state index in [0.717, 1.165) is 43.2 Å². The zero-order valence-corrected chi connectivity index (χ0v) is 14.6. The molecule has 1 fully saturated rings. The van der Waals surface area contributed by atoms with E-state index < -0.39 is 0 Å². The van der Waals surface area contributed by atoms with Gasteiger partial charge in [-0.1, -0.05) is 0 Å². The van der Waals surface area contributed by atoms with E-state index in [4.69, 9.17) is 9.47 Å². The van der Waals surface area contributed by atoms with Gasteiger partial charge in [0.25, 0.3) is 0 Å². The van der Waals surface area contributed by atoms with E-state index >= 15 is 0 Å². The highest BCUT2D eigenvalue weighted by atomic mass is 16.5. The molecule has 1 N–H and O–H groups in total. The number of imidazole rings is 1. The van der Waals surface area contributed by atoms with Gasteiger partial charge in [0.05, 0.1) is 37.8 Å². The number of aromatic nitrogens is 4. The van der Waals surface area contributed by atoms with Crippen LogP contribution in [-0.4, -0.2) is 38.5 Å². The molecule has 3 aromatic rings. The van der Waals surface area contributed by atoms with Gasteiger partial charge in [-0.25, -0.2) is 9.97 Å². The summed E-state index contributed by atoms with van der Waals surface area (Å²) in [5.74, 6) is 2.96. The summed E-state index contributed by atoms with van der Waals surface area (Å²) in [6, 6.07) is 7.65. The highest BCUT2D eigenvalue weighted by molar-refractivity contribution is 5.33. The Morgan fingerprint density at radius 2 is 2.04 bits per heavy atom. The van der Waals surface area contributed by atoms with Crippen LogP contribution in [0.25, 0.3) is 0 Å². The number of likely N-dealkylation sites (tertiary alicyclic amines) is 1. The molecule has 3 heterocycles. The van der Waals surface area contributed by atoms with Crippen molar-refractivity contribution in [1.82, 2.24) is 24.8 Å². The lowest BCUT2D eigenvalue weighted by Crippen LogP contribution is -2.24. The van der Waals surface area contributed by atoms with Crippen LogP contribution in [-0.2, 0) is 6.54 Å². The Hall–Kier alpha value is -2.93. The number of methoxy groups -OCH3 is 1. The average Bonchev–Trinajstić information content (AvgIpc) is 3.35. The Morgan fingerprint density at radius 3 is 2.81 bits per heavy atom. The molecule has 0 spiro atoms. The normalized spacial score (nSPS) is 17.3. The lowest BCUT2D eigenvalue weighted by Gasteiger charge is -2.22. The van der Waals surface area contributed by atoms with E-state index in [0.29, 0.717) is 11.6 Å². The van der Waals surface area contributed by atoms with Gasteiger partial charge in [0, 0.05) is 12.4 Å². The van der Waals surface area contributed by atoms with Gasteiger partial charge in [0.15, 0.2) is 0 Å². The van der Waals surface area contributed by atoms with Gasteiger partial charge >= 0.3 is 0 Å². The molecule has 7 nitrogen and oxygen atoms in total. The van der Waals surface area contributed by atoms with Crippen LogP contribution in [0, 0.1) is 0 Å². The number of hydrogen-bond acceptors (Lipinski definition) is 6. The van der Waals surface area contributed by atoms with Gasteiger partial charge in [-0.2, -0.15) is 0 Å². The second-order valence-corrected chi connectivity index (χ2v) is 6.22. The number of nitrogens with zero attached hydrogens (tertiary/aromatic N) is 4. The van der Waals surface area contributed by atoms with Crippen LogP contribution in [0.1, 0.15) is 30.4 Å². The molecule has 1 atom stereocenters. The van der Waals surface area contributed by atoms with Gasteiger partial charge in [0.2, 0.25) is 5.88 Å². The molecule has 0 radical (unpaired) electrons. The van der Waals surface area contributed by atoms with E-state index in [-0.39, 0.29) is 6.04 Å². The number of hydrogen-bond donors (Lipinski definition) is 1. The smallest absolute Gasteiger partial charge is 0.238 e. The van der Waals surface area contributed by atoms with E-state index in [1.54, 1.807) is 19.5 Å². The first-order valence-electron chi connectivity index (χ1n) is 8.68. The molecule has 1 saturated heterocycles. The van der Waals surface area contributed by atoms with Crippen molar-refractivity contribution >= 4 is 0 Å². The minimum absolute atomic E-state index is 0.229. The predicted octanol–water partition coefficient (Wildman–Crippen LogP) is 3.34. The van der Waals surface area contributed by atoms with Crippen LogP contribution >= 0.6 is 0 Å². The zero-order valence-electron chi connectivity index (χ0n) is 14.6. The molecule has 2 aromatic heterocycles. The summed E-state index contributed by atoms with van der Waals surface area (Å²) < 4.78 is 11.0. The lowest BCUT2D eigenvalue weighted by atomic mass is 10.1. The van der Waals surface area contributed by atoms with Crippen LogP contribution in [0.15, 0.2) is 49.1 Å². The average molecular weight is 351 g/mol. The molecule has 0 saturated carbocycles. The summed E-state index contributed by atoms with van der Waals surface area (Å²) in [5.41, 5.74) is 0.931. The van der Waals surface area contributed by atoms with Gasteiger partial charge in [-0.15, -0.1) is 0 Å². The molecular formula is C19H21N5O2. The molecule has 26 heavy (non-hydrogen) atoms. The Kier molecular flexibility index (Phi) is 4.79. The number of H-pyrrole nitrogens is 1. The molecule has 7 heteroatoms. The standard InChI is InChI=1S/C19H21N5O2/c1-25-14-4-6-15(7-5-14)26-19-12-20-11-16(23-19)17-3-2-10-24(17)13-18-21-8-9-22-18/h4-9,11-12,17H,2-3,10,13H2,1H3,(H,21,22). The van der Waals surface area contributed by atoms with Crippen LogP contribution in [0.2, 0.25) is 0 Å². The highest BCUT2D eigenvalue weighted by Crippen LogP contribution is 2.32. The molecule has 1 unspecified atom stereocenters. The van der Waals surface area contributed by atoms with Crippen molar-refractivity contribution in [2.45, 2.75) is 25.4 Å². The summed E-state index contributed by atoms with van der Waals surface area (Å²) in [6.45, 7) is 1.81. The zero-order chi connectivity index (χ0) is 17.8. The monoisotopic (exact) mass is 351 g/mol. The minimum Gasteiger partial charge on any atom is -0.497 e. The van der Waals surface area contributed by atoms with E-state index in [1.807, 2.05) is 36.7 Å². The van der Waals surface area contributed by atoms with Crippen LogP contribution < -0.4 is 9.47 Å². The number of benzene rings is 1. The summed E-state index contributed by atoms with van der Waals surface area (Å²) in [7, 11) is 1.64. The third-order valence-electron chi connectivity index (χ3n) is 4.53. The van der Waals surface area contributed by atoms with Gasteiger partial charge < -0.3 is 14.5 Å². The van der Waals surface area contributed by atoms with Crippen molar-refractivity contribution in [2.24, 2.45) is 0 Å². The maximum Gasteiger partial charge on any atom is 0.238 e. The first kappa shape index (κ1) is 16.5. The topological polar surface area (TPSA) is 76.2 Å². The van der Waals surface area contributed by atoms with Crippen LogP contribution in [0.4, 0.5) is 0 Å². The summed E-state index contributed by atoms with van der Waals surface area (Å²) in [4.78, 5) is 18.9. The molecule has 4 rings (SSSR count). The van der Waals surface area contributed by atoms with Gasteiger partial charge in [-0.3, -0.25) is 9.88 Å². The summed E-state index contributed by atoms with van der Waals surface area (Å²) >= 11 is 0. The van der Waals surface area contributed by atoms with Crippen molar-refractivity contribution in [3.63, 3.8) is 0 Å². The Bertz CT molecular complexity index is 835. The number of rotatable bonds is 6. The van der Waals surface area contributed by atoms with Crippen molar-refractivity contribution in [1.29, 1.82) is 0 Å². The molecular weight excluding hydrogens is 330 g/mol. The highest BCUT2D eigenvalue weighted by Gasteiger charge is 2.28. The van der Waals surface area contributed by atoms with E-state index in [2.05, 4.69) is 24.8 Å². The van der Waals surface area contributed by atoms with Crippen molar-refractivity contribution < 1.29 is 9.47 Å². The molecule has 1 aliphatic heterocycles. The summed E-state index contributed by atoms with van der Waals surface area (Å²) in [5, 5.41) is 0. The molecule has 1 aromatic carbocycles. The van der Waals surface area contributed by atoms with Crippen molar-refractivity contribution in [3.8, 4) is 17.4 Å². The fourth-order valence-electron chi connectivity index (χ4n) is 3.26.